The van der Waals surface area contributed by atoms with Gasteiger partial charge in [-0.15, -0.1) is 0 Å². The Balaban J connectivity index is 1.64. The van der Waals surface area contributed by atoms with Gasteiger partial charge in [-0.1, -0.05) is 30.4 Å². The summed E-state index contributed by atoms with van der Waals surface area (Å²) >= 11 is 0. The average Bonchev–Trinajstić information content (AvgIpc) is 3.08. The number of aryl methyl sites for hydroxylation is 1. The van der Waals surface area contributed by atoms with E-state index in [1.54, 1.807) is 0 Å². The van der Waals surface area contributed by atoms with Crippen LogP contribution in [0.5, 0.6) is 0 Å². The first-order valence-corrected chi connectivity index (χ1v) is 10.4. The topological polar surface area (TPSA) is 19.0 Å². The van der Waals surface area contributed by atoms with Crippen LogP contribution in [-0.4, -0.2) is 30.0 Å². The molecule has 0 atom stereocenters. The van der Waals surface area contributed by atoms with Gasteiger partial charge in [0.25, 0.3) is 0 Å². The van der Waals surface area contributed by atoms with Crippen LogP contribution >= 0.6 is 0 Å². The third-order valence-corrected chi connectivity index (χ3v) is 5.91. The summed E-state index contributed by atoms with van der Waals surface area (Å²) in [5.74, 6) is 0.502. The van der Waals surface area contributed by atoms with Crippen LogP contribution in [0.4, 0.5) is 4.39 Å². The molecule has 1 aromatic heterocycles. The van der Waals surface area contributed by atoms with Crippen molar-refractivity contribution in [1.29, 1.82) is 0 Å². The molecule has 1 aromatic carbocycles. The molecule has 0 spiro atoms. The molecule has 1 saturated heterocycles. The SMILES string of the molecule is C=C(C)C(=CC=C(C)F)CCCc1ccc2c(C3CCN(C)CC3)c[nH]c2c1. The smallest absolute Gasteiger partial charge is 0.0968 e. The maximum Gasteiger partial charge on any atom is 0.0968 e. The van der Waals surface area contributed by atoms with Crippen molar-refractivity contribution in [3.05, 3.63) is 71.2 Å². The highest BCUT2D eigenvalue weighted by molar-refractivity contribution is 5.84. The van der Waals surface area contributed by atoms with Crippen molar-refractivity contribution in [2.75, 3.05) is 20.1 Å². The molecule has 2 aromatic rings. The maximum atomic E-state index is 13.0. The number of hydrogen-bond acceptors (Lipinski definition) is 1. The van der Waals surface area contributed by atoms with Crippen molar-refractivity contribution in [3.63, 3.8) is 0 Å². The summed E-state index contributed by atoms with van der Waals surface area (Å²) in [6.07, 6.45) is 11.1. The van der Waals surface area contributed by atoms with E-state index in [-0.39, 0.29) is 5.83 Å². The Morgan fingerprint density at radius 3 is 2.68 bits per heavy atom. The largest absolute Gasteiger partial charge is 0.361 e. The molecule has 1 aliphatic rings. The number of nitrogens with one attached hydrogen (secondary N) is 1. The van der Waals surface area contributed by atoms with Gasteiger partial charge in [-0.25, -0.2) is 4.39 Å². The van der Waals surface area contributed by atoms with E-state index in [1.165, 1.54) is 61.0 Å². The van der Waals surface area contributed by atoms with Crippen molar-refractivity contribution < 1.29 is 4.39 Å². The first-order valence-electron chi connectivity index (χ1n) is 10.4. The zero-order valence-corrected chi connectivity index (χ0v) is 17.5. The minimum absolute atomic E-state index is 0.170. The molecule has 3 heteroatoms. The second-order valence-electron chi connectivity index (χ2n) is 8.28. The van der Waals surface area contributed by atoms with E-state index in [0.29, 0.717) is 5.92 Å². The second-order valence-corrected chi connectivity index (χ2v) is 8.28. The summed E-state index contributed by atoms with van der Waals surface area (Å²) in [6, 6.07) is 6.85. The number of aromatic nitrogens is 1. The molecular formula is C25H33FN2. The van der Waals surface area contributed by atoms with E-state index in [0.717, 1.165) is 30.4 Å². The number of likely N-dealkylation sites (tertiary alicyclic amines) is 1. The van der Waals surface area contributed by atoms with Gasteiger partial charge in [0.2, 0.25) is 0 Å². The minimum atomic E-state index is -0.170. The zero-order chi connectivity index (χ0) is 20.1. The summed E-state index contributed by atoms with van der Waals surface area (Å²) in [7, 11) is 2.21. The lowest BCUT2D eigenvalue weighted by atomic mass is 9.89. The molecule has 2 heterocycles. The van der Waals surface area contributed by atoms with Crippen molar-refractivity contribution >= 4 is 10.9 Å². The Labute approximate surface area is 168 Å². The Bertz CT molecular complexity index is 875. The molecule has 3 rings (SSSR count). The van der Waals surface area contributed by atoms with Gasteiger partial charge in [-0.3, -0.25) is 0 Å². The fourth-order valence-corrected chi connectivity index (χ4v) is 4.15. The highest BCUT2D eigenvalue weighted by Crippen LogP contribution is 2.33. The molecule has 1 fully saturated rings. The fraction of sp³-hybridized carbons (Fsp3) is 0.440. The highest BCUT2D eigenvalue weighted by atomic mass is 19.1. The van der Waals surface area contributed by atoms with Crippen LogP contribution in [0.1, 0.15) is 56.6 Å². The number of nitrogens with zero attached hydrogens (tertiary/aromatic N) is 1. The maximum absolute atomic E-state index is 13.0. The summed E-state index contributed by atoms with van der Waals surface area (Å²) in [4.78, 5) is 5.92. The van der Waals surface area contributed by atoms with Crippen LogP contribution in [0.25, 0.3) is 10.9 Å². The predicted octanol–water partition coefficient (Wildman–Crippen LogP) is 6.68. The standard InChI is InChI=1S/C25H33FN2/c1-18(2)21(10-8-19(3)26)7-5-6-20-9-11-23-24(17-27-25(23)16-20)22-12-14-28(4)15-13-22/h8-11,16-17,22,27H,1,5-7,12-15H2,2-4H3. The number of H-pyrrole nitrogens is 1. The van der Waals surface area contributed by atoms with Crippen LogP contribution in [-0.2, 0) is 6.42 Å². The van der Waals surface area contributed by atoms with E-state index in [1.807, 2.05) is 13.0 Å². The number of hydrogen-bond donors (Lipinski definition) is 1. The molecule has 0 unspecified atom stereocenters. The van der Waals surface area contributed by atoms with Gasteiger partial charge in [0, 0.05) is 17.1 Å². The van der Waals surface area contributed by atoms with Crippen molar-refractivity contribution in [2.24, 2.45) is 0 Å². The quantitative estimate of drug-likeness (QED) is 0.531. The number of allylic oxidation sites excluding steroid dienone is 5. The molecule has 0 amide bonds. The van der Waals surface area contributed by atoms with Gasteiger partial charge >= 0.3 is 0 Å². The summed E-state index contributed by atoms with van der Waals surface area (Å²) in [5, 5.41) is 1.38. The molecular weight excluding hydrogens is 347 g/mol. The summed E-state index contributed by atoms with van der Waals surface area (Å²) < 4.78 is 13.0. The van der Waals surface area contributed by atoms with E-state index in [4.69, 9.17) is 0 Å². The first kappa shape index (κ1) is 20.6. The lowest BCUT2D eigenvalue weighted by Gasteiger charge is -2.28. The van der Waals surface area contributed by atoms with Crippen LogP contribution in [0.3, 0.4) is 0 Å². The van der Waals surface area contributed by atoms with Crippen LogP contribution in [0.2, 0.25) is 0 Å². The van der Waals surface area contributed by atoms with Crippen molar-refractivity contribution in [2.45, 2.75) is 51.9 Å². The average molecular weight is 381 g/mol. The zero-order valence-electron chi connectivity index (χ0n) is 17.5. The van der Waals surface area contributed by atoms with Crippen molar-refractivity contribution in [1.82, 2.24) is 9.88 Å². The lowest BCUT2D eigenvalue weighted by molar-refractivity contribution is 0.256. The number of halogens is 1. The first-order chi connectivity index (χ1) is 13.4. The molecule has 1 aliphatic heterocycles. The van der Waals surface area contributed by atoms with Gasteiger partial charge in [-0.2, -0.15) is 0 Å². The normalized spacial score (nSPS) is 17.4. The molecule has 0 bridgehead atoms. The highest BCUT2D eigenvalue weighted by Gasteiger charge is 2.20. The number of benzene rings is 1. The van der Waals surface area contributed by atoms with E-state index in [2.05, 4.69) is 47.9 Å². The third-order valence-electron chi connectivity index (χ3n) is 5.91. The Morgan fingerprint density at radius 2 is 2.00 bits per heavy atom. The monoisotopic (exact) mass is 380 g/mol. The summed E-state index contributed by atoms with van der Waals surface area (Å²) in [5.41, 5.74) is 6.22. The number of aromatic amines is 1. The molecule has 1 N–H and O–H groups in total. The van der Waals surface area contributed by atoms with E-state index in [9.17, 15) is 4.39 Å². The number of piperidine rings is 1. The second kappa shape index (κ2) is 9.38. The molecule has 2 nitrogen and oxygen atoms in total. The molecule has 0 aliphatic carbocycles. The Morgan fingerprint density at radius 1 is 1.25 bits per heavy atom. The van der Waals surface area contributed by atoms with Gasteiger partial charge in [0.15, 0.2) is 0 Å². The van der Waals surface area contributed by atoms with Gasteiger partial charge in [0.1, 0.15) is 0 Å². The van der Waals surface area contributed by atoms with Gasteiger partial charge < -0.3 is 9.88 Å². The third kappa shape index (κ3) is 5.23. The minimum Gasteiger partial charge on any atom is -0.361 e. The molecule has 28 heavy (non-hydrogen) atoms. The van der Waals surface area contributed by atoms with E-state index < -0.39 is 0 Å². The Hall–Kier alpha value is -2.13. The lowest BCUT2D eigenvalue weighted by Crippen LogP contribution is -2.29. The van der Waals surface area contributed by atoms with Crippen LogP contribution < -0.4 is 0 Å². The molecule has 0 radical (unpaired) electrons. The number of fused-ring (bicyclic) bond motifs is 1. The van der Waals surface area contributed by atoms with Gasteiger partial charge in [0.05, 0.1) is 5.83 Å². The Kier molecular flexibility index (Phi) is 6.90. The summed E-state index contributed by atoms with van der Waals surface area (Å²) in [6.45, 7) is 9.85. The van der Waals surface area contributed by atoms with E-state index >= 15 is 0 Å². The van der Waals surface area contributed by atoms with Crippen LogP contribution in [0.15, 0.2) is 60.1 Å². The fourth-order valence-electron chi connectivity index (χ4n) is 4.15. The molecule has 150 valence electrons. The van der Waals surface area contributed by atoms with Crippen molar-refractivity contribution in [3.8, 4) is 0 Å². The predicted molar refractivity (Wildman–Crippen MR) is 118 cm³/mol. The van der Waals surface area contributed by atoms with Gasteiger partial charge in [-0.05, 0) is 101 Å². The molecule has 0 saturated carbocycles. The van der Waals surface area contributed by atoms with Crippen LogP contribution in [0, 0.1) is 0 Å². The number of rotatable bonds is 7.